The van der Waals surface area contributed by atoms with Crippen molar-refractivity contribution in [2.24, 2.45) is 0 Å². The van der Waals surface area contributed by atoms with Crippen LogP contribution < -0.4 is 4.74 Å². The summed E-state index contributed by atoms with van der Waals surface area (Å²) in [6.45, 7) is 2.14. The van der Waals surface area contributed by atoms with Crippen molar-refractivity contribution in [1.29, 1.82) is 0 Å². The lowest BCUT2D eigenvalue weighted by Crippen LogP contribution is -2.16. The molecule has 0 saturated heterocycles. The second kappa shape index (κ2) is 7.87. The van der Waals surface area contributed by atoms with Gasteiger partial charge >= 0.3 is 11.9 Å². The third kappa shape index (κ3) is 4.39. The monoisotopic (exact) mass is 380 g/mol. The molecule has 0 N–H and O–H groups in total. The van der Waals surface area contributed by atoms with Crippen molar-refractivity contribution in [3.63, 3.8) is 0 Å². The zero-order valence-corrected chi connectivity index (χ0v) is 13.9. The van der Waals surface area contributed by atoms with Crippen LogP contribution in [0.5, 0.6) is 5.75 Å². The molecule has 0 heterocycles. The Bertz CT molecular complexity index is 730. The van der Waals surface area contributed by atoms with Crippen molar-refractivity contribution in [3.8, 4) is 5.75 Å². The number of rotatable bonds is 5. The van der Waals surface area contributed by atoms with Gasteiger partial charge in [-0.05, 0) is 52.7 Å². The predicted molar refractivity (Wildman–Crippen MR) is 86.1 cm³/mol. The molecule has 0 spiro atoms. The lowest BCUT2D eigenvalue weighted by atomic mass is 10.1. The number of benzene rings is 2. The van der Waals surface area contributed by atoms with Crippen LogP contribution in [0.1, 0.15) is 34.1 Å². The zero-order valence-electron chi connectivity index (χ0n) is 12.3. The largest absolute Gasteiger partial charge is 0.462 e. The first-order valence-electron chi connectivity index (χ1n) is 6.96. The summed E-state index contributed by atoms with van der Waals surface area (Å²) in [6.07, 6.45) is 0.681. The Labute approximate surface area is 141 Å². The maximum Gasteiger partial charge on any atom is 0.344 e. The fourth-order valence-corrected chi connectivity index (χ4v) is 2.26. The van der Waals surface area contributed by atoms with E-state index in [0.717, 1.165) is 0 Å². The van der Waals surface area contributed by atoms with E-state index in [0.29, 0.717) is 10.9 Å². The fraction of sp³-hybridized carbons (Fsp3) is 0.176. The molecule has 0 unspecified atom stereocenters. The molecule has 0 aliphatic carbocycles. The standard InChI is InChI=1S/C17H14BrFO4/c1-2-9-22-16(20)12-5-3-4-6-13(12)17(21)23-15-8-7-11(19)10-14(15)18/h3-8,10H,2,9H2,1H3. The molecular formula is C17H14BrFO4. The van der Waals surface area contributed by atoms with Crippen molar-refractivity contribution >= 4 is 27.9 Å². The van der Waals surface area contributed by atoms with Crippen molar-refractivity contribution in [2.45, 2.75) is 13.3 Å². The number of hydrogen-bond acceptors (Lipinski definition) is 4. The van der Waals surface area contributed by atoms with E-state index < -0.39 is 17.8 Å². The minimum atomic E-state index is -0.721. The van der Waals surface area contributed by atoms with Crippen LogP contribution in [0.2, 0.25) is 0 Å². The summed E-state index contributed by atoms with van der Waals surface area (Å²) >= 11 is 3.12. The van der Waals surface area contributed by atoms with Gasteiger partial charge < -0.3 is 9.47 Å². The molecule has 23 heavy (non-hydrogen) atoms. The summed E-state index contributed by atoms with van der Waals surface area (Å²) in [7, 11) is 0. The number of halogens is 2. The lowest BCUT2D eigenvalue weighted by molar-refractivity contribution is 0.0496. The smallest absolute Gasteiger partial charge is 0.344 e. The lowest BCUT2D eigenvalue weighted by Gasteiger charge is -2.10. The Morgan fingerprint density at radius 1 is 1.09 bits per heavy atom. The van der Waals surface area contributed by atoms with Crippen LogP contribution in [0.25, 0.3) is 0 Å². The maximum absolute atomic E-state index is 13.1. The molecule has 2 aromatic rings. The van der Waals surface area contributed by atoms with Crippen LogP contribution in [-0.2, 0) is 4.74 Å². The van der Waals surface area contributed by atoms with E-state index >= 15 is 0 Å². The Balaban J connectivity index is 2.24. The topological polar surface area (TPSA) is 52.6 Å². The van der Waals surface area contributed by atoms with E-state index in [9.17, 15) is 14.0 Å². The molecule has 2 aromatic carbocycles. The Hall–Kier alpha value is -2.21. The van der Waals surface area contributed by atoms with Gasteiger partial charge in [0.05, 0.1) is 22.2 Å². The molecule has 0 amide bonds. The number of carbonyl (C=O) groups excluding carboxylic acids is 2. The summed E-state index contributed by atoms with van der Waals surface area (Å²) < 4.78 is 23.6. The minimum absolute atomic E-state index is 0.0878. The summed E-state index contributed by atoms with van der Waals surface area (Å²) in [5.41, 5.74) is 0.217. The molecule has 6 heteroatoms. The van der Waals surface area contributed by atoms with Crippen LogP contribution in [0.4, 0.5) is 4.39 Å². The van der Waals surface area contributed by atoms with E-state index in [2.05, 4.69) is 15.9 Å². The average molecular weight is 381 g/mol. The van der Waals surface area contributed by atoms with Gasteiger partial charge in [-0.1, -0.05) is 19.1 Å². The Kier molecular flexibility index (Phi) is 5.87. The Morgan fingerprint density at radius 2 is 1.74 bits per heavy atom. The molecule has 0 aliphatic rings. The molecule has 0 aromatic heterocycles. The Morgan fingerprint density at radius 3 is 2.35 bits per heavy atom. The molecule has 0 fully saturated rings. The summed E-state index contributed by atoms with van der Waals surface area (Å²) in [4.78, 5) is 24.3. The molecule has 120 valence electrons. The van der Waals surface area contributed by atoms with Crippen molar-refractivity contribution in [2.75, 3.05) is 6.61 Å². The highest BCUT2D eigenvalue weighted by atomic mass is 79.9. The average Bonchev–Trinajstić information content (AvgIpc) is 2.55. The van der Waals surface area contributed by atoms with Crippen molar-refractivity contribution < 1.29 is 23.5 Å². The van der Waals surface area contributed by atoms with Gasteiger partial charge in [-0.2, -0.15) is 0 Å². The van der Waals surface area contributed by atoms with Gasteiger partial charge in [0.15, 0.2) is 0 Å². The van der Waals surface area contributed by atoms with E-state index in [4.69, 9.17) is 9.47 Å². The van der Waals surface area contributed by atoms with E-state index in [1.54, 1.807) is 12.1 Å². The molecule has 0 aliphatic heterocycles. The van der Waals surface area contributed by atoms with Gasteiger partial charge in [-0.25, -0.2) is 14.0 Å². The second-order valence-electron chi connectivity index (χ2n) is 4.65. The van der Waals surface area contributed by atoms with E-state index in [-0.39, 0.29) is 23.5 Å². The van der Waals surface area contributed by atoms with Crippen LogP contribution >= 0.6 is 15.9 Å². The van der Waals surface area contributed by atoms with Crippen LogP contribution in [-0.4, -0.2) is 18.5 Å². The molecule has 0 radical (unpaired) electrons. The third-order valence-corrected chi connectivity index (χ3v) is 3.52. The van der Waals surface area contributed by atoms with Crippen LogP contribution in [0.3, 0.4) is 0 Å². The van der Waals surface area contributed by atoms with E-state index in [1.807, 2.05) is 6.92 Å². The van der Waals surface area contributed by atoms with Crippen molar-refractivity contribution in [3.05, 3.63) is 63.9 Å². The third-order valence-electron chi connectivity index (χ3n) is 2.90. The van der Waals surface area contributed by atoms with Gasteiger partial charge in [-0.15, -0.1) is 0 Å². The first kappa shape index (κ1) is 17.1. The van der Waals surface area contributed by atoms with Crippen LogP contribution in [0.15, 0.2) is 46.9 Å². The number of carbonyl (C=O) groups is 2. The van der Waals surface area contributed by atoms with Gasteiger partial charge in [0.2, 0.25) is 0 Å². The fourth-order valence-electron chi connectivity index (χ4n) is 1.82. The first-order valence-corrected chi connectivity index (χ1v) is 7.75. The van der Waals surface area contributed by atoms with E-state index in [1.165, 1.54) is 30.3 Å². The van der Waals surface area contributed by atoms with Gasteiger partial charge in [0.1, 0.15) is 11.6 Å². The minimum Gasteiger partial charge on any atom is -0.462 e. The number of hydrogen-bond donors (Lipinski definition) is 0. The summed E-state index contributed by atoms with van der Waals surface area (Å²) in [6, 6.07) is 9.91. The maximum atomic E-state index is 13.1. The number of esters is 2. The van der Waals surface area contributed by atoms with Crippen molar-refractivity contribution in [1.82, 2.24) is 0 Å². The highest BCUT2D eigenvalue weighted by Crippen LogP contribution is 2.26. The summed E-state index contributed by atoms with van der Waals surface area (Å²) in [5, 5.41) is 0. The molecule has 2 rings (SSSR count). The molecule has 4 nitrogen and oxygen atoms in total. The number of ether oxygens (including phenoxy) is 2. The van der Waals surface area contributed by atoms with Crippen LogP contribution in [0, 0.1) is 5.82 Å². The second-order valence-corrected chi connectivity index (χ2v) is 5.50. The quantitative estimate of drug-likeness (QED) is 0.570. The molecule has 0 atom stereocenters. The van der Waals surface area contributed by atoms with Gasteiger partial charge in [0, 0.05) is 0 Å². The summed E-state index contributed by atoms with van der Waals surface area (Å²) in [5.74, 6) is -1.60. The molecule has 0 bridgehead atoms. The van der Waals surface area contributed by atoms with Gasteiger partial charge in [-0.3, -0.25) is 0 Å². The highest BCUT2D eigenvalue weighted by Gasteiger charge is 2.20. The zero-order chi connectivity index (χ0) is 16.8. The molecular weight excluding hydrogens is 367 g/mol. The predicted octanol–water partition coefficient (Wildman–Crippen LogP) is 4.37. The first-order chi connectivity index (χ1) is 11.0. The normalized spacial score (nSPS) is 10.2. The SMILES string of the molecule is CCCOC(=O)c1ccccc1C(=O)Oc1ccc(F)cc1Br. The highest BCUT2D eigenvalue weighted by molar-refractivity contribution is 9.10. The van der Waals surface area contributed by atoms with Gasteiger partial charge in [0.25, 0.3) is 0 Å². The molecule has 0 saturated carbocycles.